The molecule has 8 rings (SSSR count). The Morgan fingerprint density at radius 1 is 0.675 bits per heavy atom. The summed E-state index contributed by atoms with van der Waals surface area (Å²) in [4.78, 5) is 5.79. The van der Waals surface area contributed by atoms with Gasteiger partial charge >= 0.3 is 0 Å². The van der Waals surface area contributed by atoms with E-state index in [1.165, 1.54) is 76.2 Å². The first-order chi connectivity index (χ1) is 19.6. The molecule has 2 aliphatic carbocycles. The quantitative estimate of drug-likeness (QED) is 0.217. The Balaban J connectivity index is 1.41. The van der Waals surface area contributed by atoms with Crippen molar-refractivity contribution < 1.29 is 0 Å². The van der Waals surface area contributed by atoms with Crippen molar-refractivity contribution in [2.75, 3.05) is 0 Å². The van der Waals surface area contributed by atoms with Gasteiger partial charge in [-0.1, -0.05) is 111 Å². The summed E-state index contributed by atoms with van der Waals surface area (Å²) in [6.07, 6.45) is 8.31. The molecule has 0 spiro atoms. The van der Waals surface area contributed by atoms with Gasteiger partial charge in [-0.25, -0.2) is 0 Å². The Hall–Kier alpha value is -4.27. The molecule has 0 saturated carbocycles. The number of aromatic nitrogens is 1. The van der Waals surface area contributed by atoms with Gasteiger partial charge in [0.05, 0.1) is 0 Å². The molecule has 0 amide bonds. The standard InChI is InChI=1S/C38H29NS/c1-38(2)33-20-5-3-12-30(33)35-32-19-9-18-29(36(32)40-37(35)31-13-4-6-21-34(31)38)28-17-8-15-26-25(14-7-16-27(26)28)24-11-10-22-39-23-24/h3-6,8-15,17-23H,7,16H2,1-2H3. The maximum absolute atomic E-state index is 4.41. The first-order valence-electron chi connectivity index (χ1n) is 14.1. The van der Waals surface area contributed by atoms with Crippen molar-refractivity contribution in [3.63, 3.8) is 0 Å². The molecule has 2 heterocycles. The molecule has 192 valence electrons. The monoisotopic (exact) mass is 531 g/mol. The van der Waals surface area contributed by atoms with Gasteiger partial charge in [0, 0.05) is 43.9 Å². The molecule has 0 unspecified atom stereocenters. The Morgan fingerprint density at radius 2 is 1.38 bits per heavy atom. The summed E-state index contributed by atoms with van der Waals surface area (Å²) < 4.78 is 1.38. The SMILES string of the molecule is CC1(C)c2ccccc2-c2sc3c(-c4cccc5c4CCC=C5c4cccnc4)cccc3c2-c2ccccc21. The second-order valence-corrected chi connectivity index (χ2v) is 12.5. The van der Waals surface area contributed by atoms with Gasteiger partial charge in [-0.2, -0.15) is 0 Å². The van der Waals surface area contributed by atoms with Gasteiger partial charge in [0.25, 0.3) is 0 Å². The predicted molar refractivity (Wildman–Crippen MR) is 170 cm³/mol. The molecule has 0 saturated heterocycles. The molecule has 0 bridgehead atoms. The van der Waals surface area contributed by atoms with Gasteiger partial charge in [-0.3, -0.25) is 4.98 Å². The van der Waals surface area contributed by atoms with Gasteiger partial charge < -0.3 is 0 Å². The molecule has 4 aromatic carbocycles. The molecule has 2 aromatic heterocycles. The van der Waals surface area contributed by atoms with Crippen molar-refractivity contribution in [2.45, 2.75) is 32.1 Å². The van der Waals surface area contributed by atoms with Crippen LogP contribution in [0.5, 0.6) is 0 Å². The number of thiophene rings is 1. The highest BCUT2D eigenvalue weighted by Gasteiger charge is 2.35. The van der Waals surface area contributed by atoms with E-state index in [-0.39, 0.29) is 5.41 Å². The zero-order chi connectivity index (χ0) is 26.8. The Labute approximate surface area is 239 Å². The van der Waals surface area contributed by atoms with E-state index in [1.807, 2.05) is 29.8 Å². The first-order valence-corrected chi connectivity index (χ1v) is 14.9. The number of rotatable bonds is 2. The Bertz CT molecular complexity index is 1970. The Morgan fingerprint density at radius 3 is 2.20 bits per heavy atom. The average Bonchev–Trinajstić information content (AvgIpc) is 3.37. The summed E-state index contributed by atoms with van der Waals surface area (Å²) >= 11 is 1.96. The average molecular weight is 532 g/mol. The van der Waals surface area contributed by atoms with Crippen LogP contribution in [0.15, 0.2) is 116 Å². The highest BCUT2D eigenvalue weighted by molar-refractivity contribution is 7.23. The molecule has 2 heteroatoms. The molecule has 0 aliphatic heterocycles. The van der Waals surface area contributed by atoms with Crippen LogP contribution in [-0.4, -0.2) is 4.98 Å². The van der Waals surface area contributed by atoms with Gasteiger partial charge in [-0.05, 0) is 69.0 Å². The molecule has 0 atom stereocenters. The first kappa shape index (κ1) is 23.6. The van der Waals surface area contributed by atoms with E-state index >= 15 is 0 Å². The summed E-state index contributed by atoms with van der Waals surface area (Å²) in [6, 6.07) is 36.1. The second kappa shape index (κ2) is 8.87. The van der Waals surface area contributed by atoms with E-state index in [0.717, 1.165) is 12.8 Å². The highest BCUT2D eigenvalue weighted by Crippen LogP contribution is 2.55. The summed E-state index contributed by atoms with van der Waals surface area (Å²) in [6.45, 7) is 4.75. The van der Waals surface area contributed by atoms with Crippen LogP contribution in [0.25, 0.3) is 48.4 Å². The fraction of sp³-hybridized carbons (Fsp3) is 0.132. The molecule has 0 fully saturated rings. The topological polar surface area (TPSA) is 12.9 Å². The van der Waals surface area contributed by atoms with E-state index in [9.17, 15) is 0 Å². The number of nitrogens with zero attached hydrogens (tertiary/aromatic N) is 1. The van der Waals surface area contributed by atoms with Crippen LogP contribution in [0.3, 0.4) is 0 Å². The van der Waals surface area contributed by atoms with E-state index in [4.69, 9.17) is 0 Å². The number of allylic oxidation sites excluding steroid dienone is 1. The number of fused-ring (bicyclic) bond motifs is 8. The third-order valence-corrected chi connectivity index (χ3v) is 10.2. The zero-order valence-electron chi connectivity index (χ0n) is 22.7. The van der Waals surface area contributed by atoms with Crippen molar-refractivity contribution >= 4 is 27.0 Å². The van der Waals surface area contributed by atoms with Crippen molar-refractivity contribution in [1.82, 2.24) is 4.98 Å². The van der Waals surface area contributed by atoms with Crippen LogP contribution in [-0.2, 0) is 11.8 Å². The van der Waals surface area contributed by atoms with E-state index < -0.39 is 0 Å². The molecule has 6 aromatic rings. The summed E-state index contributed by atoms with van der Waals surface area (Å²) in [5, 5.41) is 1.36. The lowest BCUT2D eigenvalue weighted by atomic mass is 9.75. The second-order valence-electron chi connectivity index (χ2n) is 11.4. The normalized spacial score (nSPS) is 14.9. The number of hydrogen-bond acceptors (Lipinski definition) is 2. The molecule has 1 nitrogen and oxygen atoms in total. The number of hydrogen-bond donors (Lipinski definition) is 0. The smallest absolute Gasteiger partial charge is 0.0437 e. The van der Waals surface area contributed by atoms with Gasteiger partial charge in [-0.15, -0.1) is 11.3 Å². The minimum absolute atomic E-state index is 0.0800. The third-order valence-electron chi connectivity index (χ3n) is 8.90. The fourth-order valence-electron chi connectivity index (χ4n) is 7.03. The van der Waals surface area contributed by atoms with Crippen LogP contribution in [0.2, 0.25) is 0 Å². The number of benzene rings is 4. The van der Waals surface area contributed by atoms with Crippen LogP contribution in [0.4, 0.5) is 0 Å². The lowest BCUT2D eigenvalue weighted by molar-refractivity contribution is 0.646. The van der Waals surface area contributed by atoms with Crippen LogP contribution < -0.4 is 0 Å². The van der Waals surface area contributed by atoms with E-state index in [0.29, 0.717) is 0 Å². The predicted octanol–water partition coefficient (Wildman–Crippen LogP) is 10.3. The van der Waals surface area contributed by atoms with Gasteiger partial charge in [0.1, 0.15) is 0 Å². The maximum Gasteiger partial charge on any atom is 0.0437 e. The summed E-state index contributed by atoms with van der Waals surface area (Å²) in [7, 11) is 0. The van der Waals surface area contributed by atoms with E-state index in [2.05, 4.69) is 116 Å². The molecular formula is C38H29NS. The van der Waals surface area contributed by atoms with Crippen molar-refractivity contribution in [1.29, 1.82) is 0 Å². The fourth-order valence-corrected chi connectivity index (χ4v) is 8.41. The van der Waals surface area contributed by atoms with Gasteiger partial charge in [0.15, 0.2) is 0 Å². The van der Waals surface area contributed by atoms with Gasteiger partial charge in [0.2, 0.25) is 0 Å². The minimum atomic E-state index is -0.0800. The van der Waals surface area contributed by atoms with Crippen LogP contribution >= 0.6 is 11.3 Å². The summed E-state index contributed by atoms with van der Waals surface area (Å²) in [5.74, 6) is 0. The van der Waals surface area contributed by atoms with Crippen molar-refractivity contribution in [3.8, 4) is 32.7 Å². The lowest BCUT2D eigenvalue weighted by Gasteiger charge is -2.28. The molecule has 40 heavy (non-hydrogen) atoms. The largest absolute Gasteiger partial charge is 0.264 e. The van der Waals surface area contributed by atoms with Crippen molar-refractivity contribution in [3.05, 3.63) is 143 Å². The van der Waals surface area contributed by atoms with E-state index in [1.54, 1.807) is 0 Å². The zero-order valence-corrected chi connectivity index (χ0v) is 23.6. The number of pyridine rings is 1. The van der Waals surface area contributed by atoms with Crippen molar-refractivity contribution in [2.24, 2.45) is 0 Å². The van der Waals surface area contributed by atoms with Crippen LogP contribution in [0.1, 0.15) is 48.1 Å². The summed E-state index contributed by atoms with van der Waals surface area (Å²) in [5.41, 5.74) is 14.8. The molecule has 2 aliphatic rings. The maximum atomic E-state index is 4.41. The van der Waals surface area contributed by atoms with Crippen LogP contribution in [0, 0.1) is 0 Å². The molecule has 0 N–H and O–H groups in total. The third kappa shape index (κ3) is 3.36. The highest BCUT2D eigenvalue weighted by atomic mass is 32.1. The molecular weight excluding hydrogens is 502 g/mol. The lowest BCUT2D eigenvalue weighted by Crippen LogP contribution is -2.19. The molecule has 0 radical (unpaired) electrons. The Kier molecular flexibility index (Phi) is 5.24. The minimum Gasteiger partial charge on any atom is -0.264 e.